The predicted molar refractivity (Wildman–Crippen MR) is 319 cm³/mol. The monoisotopic (exact) mass is 1080 g/mol. The molecule has 1 rings (SSSR count). The minimum atomic E-state index is -1.64. The summed E-state index contributed by atoms with van der Waals surface area (Å²) in [5.41, 5.74) is 0. The molecule has 0 bridgehead atoms. The highest BCUT2D eigenvalue weighted by atomic mass is 16.7. The van der Waals surface area contributed by atoms with Crippen molar-refractivity contribution in [2.45, 2.75) is 269 Å². The van der Waals surface area contributed by atoms with Gasteiger partial charge in [-0.15, -0.1) is 0 Å². The van der Waals surface area contributed by atoms with Gasteiger partial charge in [0.1, 0.15) is 24.4 Å². The van der Waals surface area contributed by atoms with Gasteiger partial charge in [-0.2, -0.15) is 0 Å². The number of unbranched alkanes of at least 4 members (excludes halogenated alkanes) is 21. The van der Waals surface area contributed by atoms with Gasteiger partial charge in [0.2, 0.25) is 5.91 Å². The van der Waals surface area contributed by atoms with Crippen molar-refractivity contribution in [3.05, 3.63) is 122 Å². The van der Waals surface area contributed by atoms with Crippen molar-refractivity contribution < 1.29 is 49.3 Å². The summed E-state index contributed by atoms with van der Waals surface area (Å²) in [4.78, 5) is 26.4. The maximum atomic E-state index is 13.3. The molecule has 1 heterocycles. The molecule has 8 unspecified atom stereocenters. The molecular weight excluding hydrogens is 967 g/mol. The summed E-state index contributed by atoms with van der Waals surface area (Å²) < 4.78 is 17.5. The Kier molecular flexibility index (Phi) is 48.7. The van der Waals surface area contributed by atoms with Crippen LogP contribution in [0.15, 0.2) is 122 Å². The fourth-order valence-corrected chi connectivity index (χ4v) is 8.66. The number of carbonyl (C=O) groups is 2. The molecule has 0 aliphatic carbocycles. The van der Waals surface area contributed by atoms with E-state index in [0.717, 1.165) is 83.5 Å². The Morgan fingerprint density at radius 3 is 1.52 bits per heavy atom. The van der Waals surface area contributed by atoms with Gasteiger partial charge >= 0.3 is 5.97 Å². The van der Waals surface area contributed by atoms with Crippen LogP contribution in [0.5, 0.6) is 0 Å². The predicted octanol–water partition coefficient (Wildman–Crippen LogP) is 14.3. The second-order valence-corrected chi connectivity index (χ2v) is 20.5. The molecule has 1 saturated heterocycles. The number of hydrogen-bond donors (Lipinski definition) is 6. The van der Waals surface area contributed by atoms with Crippen LogP contribution in [0.2, 0.25) is 0 Å². The Bertz CT molecular complexity index is 1710. The lowest BCUT2D eigenvalue weighted by Crippen LogP contribution is -2.61. The van der Waals surface area contributed by atoms with Gasteiger partial charge < -0.3 is 45.1 Å². The van der Waals surface area contributed by atoms with Gasteiger partial charge in [-0.1, -0.05) is 251 Å². The first-order valence-electron chi connectivity index (χ1n) is 30.4. The Morgan fingerprint density at radius 2 is 0.987 bits per heavy atom. The fourth-order valence-electron chi connectivity index (χ4n) is 8.66. The number of nitrogens with one attached hydrogen (secondary N) is 1. The standard InChI is InChI=1S/C66H109NO10/c1-4-7-10-13-16-19-22-24-25-26-27-28-29-30-31-32-33-34-35-36-39-42-45-48-51-54-61(71)77-64-63(73)62(72)60(55-68)76-66(64)75-56-57(58(69)52-49-46-43-40-37-21-18-15-12-9-6-3)67-65(74)59(70)53-50-47-44-41-38-23-20-17-14-11-8-5-2/h8,11,14,16-17,19-20,23-25,27-28,30-31,38,41,44,47,49,52,57-60,62-64,66,68-70,72-73H,4-7,9-10,12-13,15,18,21-22,26,29,32-37,39-40,42-43,45-46,48,50-51,53-56H2,1-3H3,(H,67,74)/b11-8+,17-14+,19-16-,23-20-,25-24-,28-27-,31-30-,41-38-,47-44+,52-49+. The third kappa shape index (κ3) is 40.8. The topological polar surface area (TPSA) is 175 Å². The lowest BCUT2D eigenvalue weighted by atomic mass is 9.99. The summed E-state index contributed by atoms with van der Waals surface area (Å²) in [6, 6.07) is -1.07. The molecule has 0 aromatic carbocycles. The van der Waals surface area contributed by atoms with Gasteiger partial charge in [0.15, 0.2) is 12.4 Å². The van der Waals surface area contributed by atoms with Crippen molar-refractivity contribution >= 4 is 11.9 Å². The number of amides is 1. The number of rotatable bonds is 49. The smallest absolute Gasteiger partial charge is 0.306 e. The average Bonchev–Trinajstić information content (AvgIpc) is 3.43. The number of allylic oxidation sites excluding steroid dienone is 19. The molecule has 8 atom stereocenters. The van der Waals surface area contributed by atoms with Crippen molar-refractivity contribution in [1.29, 1.82) is 0 Å². The van der Waals surface area contributed by atoms with Gasteiger partial charge in [0.25, 0.3) is 0 Å². The average molecular weight is 1080 g/mol. The Morgan fingerprint density at radius 1 is 0.532 bits per heavy atom. The highest BCUT2D eigenvalue weighted by molar-refractivity contribution is 5.80. The van der Waals surface area contributed by atoms with Crippen LogP contribution in [-0.2, 0) is 23.8 Å². The second-order valence-electron chi connectivity index (χ2n) is 20.5. The van der Waals surface area contributed by atoms with Gasteiger partial charge in [-0.05, 0) is 83.5 Å². The number of hydrogen-bond acceptors (Lipinski definition) is 10. The molecule has 0 radical (unpaired) electrons. The highest BCUT2D eigenvalue weighted by Crippen LogP contribution is 2.26. The first-order chi connectivity index (χ1) is 37.7. The van der Waals surface area contributed by atoms with Gasteiger partial charge in [0.05, 0.1) is 25.4 Å². The highest BCUT2D eigenvalue weighted by Gasteiger charge is 2.47. The summed E-state index contributed by atoms with van der Waals surface area (Å²) in [7, 11) is 0. The summed E-state index contributed by atoms with van der Waals surface area (Å²) in [6.07, 6.45) is 62.6. The van der Waals surface area contributed by atoms with Gasteiger partial charge in [-0.3, -0.25) is 9.59 Å². The van der Waals surface area contributed by atoms with E-state index in [1.165, 1.54) is 89.9 Å². The summed E-state index contributed by atoms with van der Waals surface area (Å²) in [5, 5.41) is 56.7. The molecule has 1 amide bonds. The molecular formula is C66H109NO10. The minimum Gasteiger partial charge on any atom is -0.454 e. The molecule has 0 saturated carbocycles. The molecule has 1 fully saturated rings. The summed E-state index contributed by atoms with van der Waals surface area (Å²) >= 11 is 0. The van der Waals surface area contributed by atoms with E-state index in [2.05, 4.69) is 80.8 Å². The van der Waals surface area contributed by atoms with Crippen LogP contribution >= 0.6 is 0 Å². The largest absolute Gasteiger partial charge is 0.454 e. The zero-order chi connectivity index (χ0) is 56.1. The van der Waals surface area contributed by atoms with Crippen LogP contribution in [0.25, 0.3) is 0 Å². The van der Waals surface area contributed by atoms with Crippen molar-refractivity contribution in [2.24, 2.45) is 0 Å². The molecule has 0 aromatic heterocycles. The van der Waals surface area contributed by atoms with E-state index in [1.54, 1.807) is 6.08 Å². The van der Waals surface area contributed by atoms with E-state index < -0.39 is 67.4 Å². The summed E-state index contributed by atoms with van der Waals surface area (Å²) in [5.74, 6) is -1.29. The molecule has 6 N–H and O–H groups in total. The quantitative estimate of drug-likeness (QED) is 0.0149. The number of carbonyl (C=O) groups excluding carboxylic acids is 2. The molecule has 77 heavy (non-hydrogen) atoms. The molecule has 0 spiro atoms. The number of ether oxygens (including phenoxy) is 3. The van der Waals surface area contributed by atoms with Crippen molar-refractivity contribution in [3.8, 4) is 0 Å². The first kappa shape index (κ1) is 71.1. The van der Waals surface area contributed by atoms with E-state index in [-0.39, 0.29) is 19.4 Å². The van der Waals surface area contributed by atoms with Crippen LogP contribution in [0.1, 0.15) is 220 Å². The molecule has 438 valence electrons. The van der Waals surface area contributed by atoms with E-state index >= 15 is 0 Å². The fraction of sp³-hybridized carbons (Fsp3) is 0.667. The van der Waals surface area contributed by atoms with Crippen LogP contribution in [-0.4, -0.2) is 99.6 Å². The second kappa shape index (κ2) is 52.7. The van der Waals surface area contributed by atoms with E-state index in [9.17, 15) is 35.1 Å². The first-order valence-corrected chi connectivity index (χ1v) is 30.4. The van der Waals surface area contributed by atoms with Crippen molar-refractivity contribution in [1.82, 2.24) is 5.32 Å². The number of aliphatic hydroxyl groups excluding tert-OH is 5. The maximum Gasteiger partial charge on any atom is 0.306 e. The van der Waals surface area contributed by atoms with E-state index in [0.29, 0.717) is 12.8 Å². The molecule has 1 aliphatic rings. The zero-order valence-corrected chi connectivity index (χ0v) is 48.3. The minimum absolute atomic E-state index is 0.101. The molecule has 0 aromatic rings. The van der Waals surface area contributed by atoms with E-state index in [1.807, 2.05) is 60.8 Å². The third-order valence-corrected chi connectivity index (χ3v) is 13.5. The summed E-state index contributed by atoms with van der Waals surface area (Å²) in [6.45, 7) is 5.53. The van der Waals surface area contributed by atoms with Gasteiger partial charge in [0, 0.05) is 6.42 Å². The molecule has 11 heteroatoms. The van der Waals surface area contributed by atoms with E-state index in [4.69, 9.17) is 14.2 Å². The number of esters is 1. The van der Waals surface area contributed by atoms with Crippen LogP contribution < -0.4 is 5.32 Å². The SMILES string of the molecule is CC/C=C/C=C/C=C\C=C/C=C/CCC(O)C(=O)NC(COC1OC(CO)C(O)C(O)C1OC(=O)CCCCCCCCCCC/C=C\C/C=C\C/C=C\C/C=C\CCCCC)C(O)/C=C/CCCCCCCCCCC. The molecule has 11 nitrogen and oxygen atoms in total. The number of aliphatic hydroxyl groups is 5. The van der Waals surface area contributed by atoms with Gasteiger partial charge in [-0.25, -0.2) is 0 Å². The zero-order valence-electron chi connectivity index (χ0n) is 48.3. The lowest BCUT2D eigenvalue weighted by Gasteiger charge is -2.41. The van der Waals surface area contributed by atoms with Crippen molar-refractivity contribution in [2.75, 3.05) is 13.2 Å². The maximum absolute atomic E-state index is 13.3. The van der Waals surface area contributed by atoms with Crippen molar-refractivity contribution in [3.63, 3.8) is 0 Å². The third-order valence-electron chi connectivity index (χ3n) is 13.5. The normalized spacial score (nSPS) is 19.9. The molecule has 1 aliphatic heterocycles. The Labute approximate surface area is 468 Å². The Hall–Kier alpha value is -3.94. The lowest BCUT2D eigenvalue weighted by molar-refractivity contribution is -0.305. The van der Waals surface area contributed by atoms with Crippen LogP contribution in [0.3, 0.4) is 0 Å². The van der Waals surface area contributed by atoms with Crippen LogP contribution in [0.4, 0.5) is 0 Å². The van der Waals surface area contributed by atoms with Crippen LogP contribution in [0, 0.1) is 0 Å². The Balaban J connectivity index is 2.64.